The van der Waals surface area contributed by atoms with Gasteiger partial charge in [0.25, 0.3) is 0 Å². The van der Waals surface area contributed by atoms with Gasteiger partial charge in [-0.2, -0.15) is 0 Å². The number of carbonyl (C=O) groups is 1. The van der Waals surface area contributed by atoms with Gasteiger partial charge in [-0.3, -0.25) is 4.79 Å². The lowest BCUT2D eigenvalue weighted by molar-refractivity contribution is -0.122. The number of hydrogen-bond acceptors (Lipinski definition) is 2. The highest BCUT2D eigenvalue weighted by Crippen LogP contribution is 2.30. The van der Waals surface area contributed by atoms with Gasteiger partial charge in [0.1, 0.15) is 0 Å². The fourth-order valence-electron chi connectivity index (χ4n) is 2.09. The van der Waals surface area contributed by atoms with Crippen molar-refractivity contribution in [2.24, 2.45) is 0 Å². The van der Waals surface area contributed by atoms with E-state index in [9.17, 15) is 4.79 Å². The highest BCUT2D eigenvalue weighted by molar-refractivity contribution is 5.88. The molecule has 0 spiro atoms. The van der Waals surface area contributed by atoms with Crippen molar-refractivity contribution in [1.29, 1.82) is 0 Å². The molecule has 1 aliphatic heterocycles. The summed E-state index contributed by atoms with van der Waals surface area (Å²) in [5, 5.41) is 6.18. The average Bonchev–Trinajstić information content (AvgIpc) is 2.72. The summed E-state index contributed by atoms with van der Waals surface area (Å²) in [4.78, 5) is 12.1. The predicted molar refractivity (Wildman–Crippen MR) is 68.7 cm³/mol. The van der Waals surface area contributed by atoms with Gasteiger partial charge >= 0.3 is 0 Å². The van der Waals surface area contributed by atoms with E-state index in [1.807, 2.05) is 31.2 Å². The van der Waals surface area contributed by atoms with E-state index in [1.165, 1.54) is 0 Å². The van der Waals surface area contributed by atoms with Crippen LogP contribution >= 0.6 is 0 Å². The normalized spacial score (nSPS) is 18.7. The van der Waals surface area contributed by atoms with Gasteiger partial charge in [-0.15, -0.1) is 12.3 Å². The smallest absolute Gasteiger partial charge is 0.229 e. The fraction of sp³-hybridized carbons (Fsp3) is 0.357. The fourth-order valence-corrected chi connectivity index (χ4v) is 2.09. The summed E-state index contributed by atoms with van der Waals surface area (Å²) in [6.45, 7) is 2.58. The van der Waals surface area contributed by atoms with Crippen molar-refractivity contribution >= 4 is 11.6 Å². The minimum Gasteiger partial charge on any atom is -0.384 e. The van der Waals surface area contributed by atoms with E-state index in [2.05, 4.69) is 16.6 Å². The average molecular weight is 228 g/mol. The first kappa shape index (κ1) is 11.5. The Morgan fingerprint density at radius 1 is 1.65 bits per heavy atom. The lowest BCUT2D eigenvalue weighted by Crippen LogP contribution is -2.36. The quantitative estimate of drug-likeness (QED) is 0.773. The minimum atomic E-state index is -0.105. The molecular weight excluding hydrogens is 212 g/mol. The Balaban J connectivity index is 2.06. The zero-order valence-electron chi connectivity index (χ0n) is 9.86. The molecule has 3 heteroatoms. The molecule has 1 aliphatic rings. The van der Waals surface area contributed by atoms with E-state index in [4.69, 9.17) is 6.42 Å². The van der Waals surface area contributed by atoms with Gasteiger partial charge in [-0.05, 0) is 18.6 Å². The molecule has 0 radical (unpaired) electrons. The van der Waals surface area contributed by atoms with Crippen molar-refractivity contribution < 1.29 is 4.79 Å². The number of rotatable bonds is 3. The molecule has 0 fully saturated rings. The van der Waals surface area contributed by atoms with E-state index in [0.29, 0.717) is 13.0 Å². The van der Waals surface area contributed by atoms with Crippen molar-refractivity contribution in [1.82, 2.24) is 5.32 Å². The maximum absolute atomic E-state index is 12.1. The minimum absolute atomic E-state index is 0.0280. The Bertz CT molecular complexity index is 462. The van der Waals surface area contributed by atoms with Crippen LogP contribution in [0.2, 0.25) is 0 Å². The number of terminal acetylenes is 1. The van der Waals surface area contributed by atoms with Crippen molar-refractivity contribution in [3.8, 4) is 12.3 Å². The third kappa shape index (κ3) is 2.42. The molecule has 2 rings (SSSR count). The molecular formula is C14H16N2O. The van der Waals surface area contributed by atoms with E-state index >= 15 is 0 Å². The molecule has 0 aliphatic carbocycles. The summed E-state index contributed by atoms with van der Waals surface area (Å²) in [5.74, 6) is 2.49. The summed E-state index contributed by atoms with van der Waals surface area (Å²) >= 11 is 0. The van der Waals surface area contributed by atoms with E-state index in [1.54, 1.807) is 0 Å². The molecule has 2 atom stereocenters. The number of para-hydroxylation sites is 1. The maximum atomic E-state index is 12.1. The standard InChI is InChI=1S/C14H16N2O/c1-3-6-10(2)16-14(17)12-9-15-13-8-5-4-7-11(12)13/h1,4-5,7-8,10,12,15H,6,9H2,2H3,(H,16,17). The molecule has 2 unspecified atom stereocenters. The van der Waals surface area contributed by atoms with E-state index < -0.39 is 0 Å². The first-order chi connectivity index (χ1) is 8.22. The van der Waals surface area contributed by atoms with Crippen LogP contribution in [-0.2, 0) is 4.79 Å². The second-order valence-corrected chi connectivity index (χ2v) is 4.34. The van der Waals surface area contributed by atoms with Gasteiger partial charge in [-0.25, -0.2) is 0 Å². The number of fused-ring (bicyclic) bond motifs is 1. The summed E-state index contributed by atoms with van der Waals surface area (Å²) in [6.07, 6.45) is 5.78. The lowest BCUT2D eigenvalue weighted by Gasteiger charge is -2.15. The Kier molecular flexibility index (Phi) is 3.34. The molecule has 0 bridgehead atoms. The van der Waals surface area contributed by atoms with Crippen LogP contribution < -0.4 is 10.6 Å². The summed E-state index contributed by atoms with van der Waals surface area (Å²) in [7, 11) is 0. The van der Waals surface area contributed by atoms with Crippen molar-refractivity contribution in [2.75, 3.05) is 11.9 Å². The number of carbonyl (C=O) groups excluding carboxylic acids is 1. The molecule has 1 heterocycles. The molecule has 2 N–H and O–H groups in total. The number of amides is 1. The SMILES string of the molecule is C#CCC(C)NC(=O)C1CNc2ccccc21. The molecule has 0 saturated heterocycles. The lowest BCUT2D eigenvalue weighted by atomic mass is 10.00. The third-order valence-corrected chi connectivity index (χ3v) is 2.96. The molecule has 0 saturated carbocycles. The van der Waals surface area contributed by atoms with E-state index in [-0.39, 0.29) is 17.9 Å². The third-order valence-electron chi connectivity index (χ3n) is 2.96. The summed E-state index contributed by atoms with van der Waals surface area (Å²) in [6, 6.07) is 7.93. The first-order valence-corrected chi connectivity index (χ1v) is 5.79. The number of nitrogens with one attached hydrogen (secondary N) is 2. The van der Waals surface area contributed by atoms with Crippen LogP contribution in [0.3, 0.4) is 0 Å². The van der Waals surface area contributed by atoms with Crippen LogP contribution in [0, 0.1) is 12.3 Å². The van der Waals surface area contributed by atoms with Gasteiger partial charge in [-0.1, -0.05) is 18.2 Å². The van der Waals surface area contributed by atoms with Crippen LogP contribution in [-0.4, -0.2) is 18.5 Å². The second kappa shape index (κ2) is 4.92. The van der Waals surface area contributed by atoms with Gasteiger partial charge in [0, 0.05) is 24.7 Å². The van der Waals surface area contributed by atoms with E-state index in [0.717, 1.165) is 11.3 Å². The summed E-state index contributed by atoms with van der Waals surface area (Å²) < 4.78 is 0. The van der Waals surface area contributed by atoms with Crippen molar-refractivity contribution in [3.05, 3.63) is 29.8 Å². The van der Waals surface area contributed by atoms with Crippen LogP contribution in [0.5, 0.6) is 0 Å². The van der Waals surface area contributed by atoms with Crippen LogP contribution in [0.25, 0.3) is 0 Å². The molecule has 3 nitrogen and oxygen atoms in total. The van der Waals surface area contributed by atoms with Crippen LogP contribution in [0.1, 0.15) is 24.8 Å². The Morgan fingerprint density at radius 2 is 2.41 bits per heavy atom. The zero-order valence-corrected chi connectivity index (χ0v) is 9.86. The topological polar surface area (TPSA) is 41.1 Å². The molecule has 1 aromatic rings. The van der Waals surface area contributed by atoms with Crippen molar-refractivity contribution in [3.63, 3.8) is 0 Å². The molecule has 1 aromatic carbocycles. The van der Waals surface area contributed by atoms with Gasteiger partial charge in [0.05, 0.1) is 5.92 Å². The van der Waals surface area contributed by atoms with Crippen LogP contribution in [0.4, 0.5) is 5.69 Å². The first-order valence-electron chi connectivity index (χ1n) is 5.79. The predicted octanol–water partition coefficient (Wildman–Crippen LogP) is 1.72. The monoisotopic (exact) mass is 228 g/mol. The number of anilines is 1. The molecule has 88 valence electrons. The molecule has 17 heavy (non-hydrogen) atoms. The largest absolute Gasteiger partial charge is 0.384 e. The Morgan fingerprint density at radius 3 is 3.18 bits per heavy atom. The van der Waals surface area contributed by atoms with Gasteiger partial charge in [0.15, 0.2) is 0 Å². The Labute approximate surface area is 102 Å². The second-order valence-electron chi connectivity index (χ2n) is 4.34. The number of benzene rings is 1. The zero-order chi connectivity index (χ0) is 12.3. The van der Waals surface area contributed by atoms with Gasteiger partial charge in [0.2, 0.25) is 5.91 Å². The highest BCUT2D eigenvalue weighted by Gasteiger charge is 2.28. The van der Waals surface area contributed by atoms with Crippen molar-refractivity contribution in [2.45, 2.75) is 25.3 Å². The van der Waals surface area contributed by atoms with Crippen LogP contribution in [0.15, 0.2) is 24.3 Å². The number of hydrogen-bond donors (Lipinski definition) is 2. The molecule has 0 aromatic heterocycles. The maximum Gasteiger partial charge on any atom is 0.229 e. The molecule has 1 amide bonds. The summed E-state index contributed by atoms with van der Waals surface area (Å²) in [5.41, 5.74) is 2.12. The van der Waals surface area contributed by atoms with Gasteiger partial charge < -0.3 is 10.6 Å². The highest BCUT2D eigenvalue weighted by atomic mass is 16.2. The Hall–Kier alpha value is -1.95.